The SMILES string of the molecule is COC1c2ccccc2C(=O)c2cc(Br)ccc21. The number of hydrogen-bond acceptors (Lipinski definition) is 2. The molecule has 0 bridgehead atoms. The second kappa shape index (κ2) is 4.34. The van der Waals surface area contributed by atoms with Crippen LogP contribution in [0.4, 0.5) is 0 Å². The van der Waals surface area contributed by atoms with Crippen molar-refractivity contribution in [1.82, 2.24) is 0 Å². The lowest BCUT2D eigenvalue weighted by Gasteiger charge is -2.26. The van der Waals surface area contributed by atoms with E-state index in [-0.39, 0.29) is 11.9 Å². The zero-order chi connectivity index (χ0) is 12.7. The first-order valence-electron chi connectivity index (χ1n) is 5.68. The maximum Gasteiger partial charge on any atom is 0.193 e. The number of hydrogen-bond donors (Lipinski definition) is 0. The molecular weight excluding hydrogens is 292 g/mol. The number of ether oxygens (including phenoxy) is 1. The van der Waals surface area contributed by atoms with E-state index < -0.39 is 0 Å². The van der Waals surface area contributed by atoms with Crippen LogP contribution in [0.5, 0.6) is 0 Å². The van der Waals surface area contributed by atoms with Crippen LogP contribution in [0.2, 0.25) is 0 Å². The van der Waals surface area contributed by atoms with Gasteiger partial charge in [0.15, 0.2) is 5.78 Å². The van der Waals surface area contributed by atoms with Gasteiger partial charge >= 0.3 is 0 Å². The zero-order valence-corrected chi connectivity index (χ0v) is 11.4. The molecule has 2 aromatic rings. The van der Waals surface area contributed by atoms with Crippen molar-refractivity contribution < 1.29 is 9.53 Å². The third-order valence-corrected chi connectivity index (χ3v) is 3.76. The highest BCUT2D eigenvalue weighted by atomic mass is 79.9. The molecule has 0 amide bonds. The van der Waals surface area contributed by atoms with Crippen LogP contribution < -0.4 is 0 Å². The van der Waals surface area contributed by atoms with Gasteiger partial charge in [-0.1, -0.05) is 46.3 Å². The lowest BCUT2D eigenvalue weighted by Crippen LogP contribution is -2.20. The van der Waals surface area contributed by atoms with Crippen LogP contribution in [-0.2, 0) is 4.74 Å². The molecule has 0 N–H and O–H groups in total. The van der Waals surface area contributed by atoms with Crippen molar-refractivity contribution in [2.45, 2.75) is 6.10 Å². The molecule has 0 aliphatic heterocycles. The first kappa shape index (κ1) is 11.6. The van der Waals surface area contributed by atoms with Crippen molar-refractivity contribution in [3.05, 3.63) is 69.2 Å². The summed E-state index contributed by atoms with van der Waals surface area (Å²) in [7, 11) is 1.67. The first-order valence-corrected chi connectivity index (χ1v) is 6.47. The maximum absolute atomic E-state index is 12.4. The minimum Gasteiger partial charge on any atom is -0.372 e. The summed E-state index contributed by atoms with van der Waals surface area (Å²) < 4.78 is 6.47. The summed E-state index contributed by atoms with van der Waals surface area (Å²) in [4.78, 5) is 12.4. The van der Waals surface area contributed by atoms with E-state index in [2.05, 4.69) is 15.9 Å². The number of benzene rings is 2. The molecule has 2 aromatic carbocycles. The van der Waals surface area contributed by atoms with E-state index in [0.717, 1.165) is 26.7 Å². The van der Waals surface area contributed by atoms with E-state index in [0.29, 0.717) is 0 Å². The molecule has 0 heterocycles. The second-order valence-corrected chi connectivity index (χ2v) is 5.18. The molecule has 3 rings (SSSR count). The number of fused-ring (bicyclic) bond motifs is 2. The van der Waals surface area contributed by atoms with Gasteiger partial charge in [0.05, 0.1) is 0 Å². The molecule has 1 aliphatic rings. The lowest BCUT2D eigenvalue weighted by atomic mass is 9.83. The molecular formula is C15H11BrO2. The molecule has 90 valence electrons. The van der Waals surface area contributed by atoms with Gasteiger partial charge in [-0.2, -0.15) is 0 Å². The Kier molecular flexibility index (Phi) is 2.80. The number of carbonyl (C=O) groups excluding carboxylic acids is 1. The number of halogens is 1. The molecule has 3 heteroatoms. The Balaban J connectivity index is 2.29. The lowest BCUT2D eigenvalue weighted by molar-refractivity contribution is 0.0986. The highest BCUT2D eigenvalue weighted by Gasteiger charge is 2.30. The van der Waals surface area contributed by atoms with Gasteiger partial charge in [-0.25, -0.2) is 0 Å². The first-order chi connectivity index (χ1) is 8.72. The largest absolute Gasteiger partial charge is 0.372 e. The molecule has 0 spiro atoms. The Morgan fingerprint density at radius 2 is 1.78 bits per heavy atom. The summed E-state index contributed by atoms with van der Waals surface area (Å²) >= 11 is 3.41. The monoisotopic (exact) mass is 302 g/mol. The van der Waals surface area contributed by atoms with E-state index in [1.54, 1.807) is 7.11 Å². The zero-order valence-electron chi connectivity index (χ0n) is 9.81. The summed E-state index contributed by atoms with van der Waals surface area (Å²) in [6, 6.07) is 13.4. The van der Waals surface area contributed by atoms with Gasteiger partial charge < -0.3 is 4.74 Å². The van der Waals surface area contributed by atoms with Crippen molar-refractivity contribution in [3.8, 4) is 0 Å². The fraction of sp³-hybridized carbons (Fsp3) is 0.133. The molecule has 2 nitrogen and oxygen atoms in total. The molecule has 1 atom stereocenters. The number of methoxy groups -OCH3 is 1. The normalized spacial score (nSPS) is 17.2. The second-order valence-electron chi connectivity index (χ2n) is 4.26. The Hall–Kier alpha value is -1.45. The van der Waals surface area contributed by atoms with Crippen LogP contribution in [-0.4, -0.2) is 12.9 Å². The van der Waals surface area contributed by atoms with Crippen LogP contribution in [0.1, 0.15) is 33.2 Å². The highest BCUT2D eigenvalue weighted by molar-refractivity contribution is 9.10. The van der Waals surface area contributed by atoms with Gasteiger partial charge in [0, 0.05) is 22.7 Å². The number of ketones is 1. The molecule has 0 saturated heterocycles. The fourth-order valence-corrected chi connectivity index (χ4v) is 2.81. The molecule has 1 unspecified atom stereocenters. The number of rotatable bonds is 1. The van der Waals surface area contributed by atoms with Crippen molar-refractivity contribution >= 4 is 21.7 Å². The molecule has 1 aliphatic carbocycles. The van der Waals surface area contributed by atoms with Gasteiger partial charge in [-0.3, -0.25) is 4.79 Å². The third kappa shape index (κ3) is 1.62. The molecule has 0 saturated carbocycles. The van der Waals surface area contributed by atoms with E-state index in [1.807, 2.05) is 42.5 Å². The third-order valence-electron chi connectivity index (χ3n) is 3.27. The summed E-state index contributed by atoms with van der Waals surface area (Å²) in [5, 5.41) is 0. The van der Waals surface area contributed by atoms with Crippen LogP contribution in [0.25, 0.3) is 0 Å². The summed E-state index contributed by atoms with van der Waals surface area (Å²) in [5.74, 6) is 0.0650. The maximum atomic E-state index is 12.4. The van der Waals surface area contributed by atoms with Gasteiger partial charge in [0.1, 0.15) is 6.10 Å². The number of carbonyl (C=O) groups is 1. The smallest absolute Gasteiger partial charge is 0.193 e. The Bertz CT molecular complexity index is 634. The van der Waals surface area contributed by atoms with Crippen LogP contribution in [0.15, 0.2) is 46.9 Å². The van der Waals surface area contributed by atoms with Crippen molar-refractivity contribution in [2.24, 2.45) is 0 Å². The topological polar surface area (TPSA) is 26.3 Å². The van der Waals surface area contributed by atoms with Crippen molar-refractivity contribution in [1.29, 1.82) is 0 Å². The van der Waals surface area contributed by atoms with Crippen LogP contribution in [0.3, 0.4) is 0 Å². The summed E-state index contributed by atoms with van der Waals surface area (Å²) in [6.45, 7) is 0. The standard InChI is InChI=1S/C15H11BrO2/c1-18-15-11-5-3-2-4-10(11)14(17)13-8-9(16)6-7-12(13)15/h2-8,15H,1H3. The summed E-state index contributed by atoms with van der Waals surface area (Å²) in [5.41, 5.74) is 3.33. The van der Waals surface area contributed by atoms with Gasteiger partial charge in [0.2, 0.25) is 0 Å². The Morgan fingerprint density at radius 3 is 2.56 bits per heavy atom. The van der Waals surface area contributed by atoms with Crippen LogP contribution in [0, 0.1) is 0 Å². The van der Waals surface area contributed by atoms with Crippen LogP contribution >= 0.6 is 15.9 Å². The fourth-order valence-electron chi connectivity index (χ4n) is 2.45. The van der Waals surface area contributed by atoms with E-state index in [1.165, 1.54) is 0 Å². The molecule has 18 heavy (non-hydrogen) atoms. The molecule has 0 radical (unpaired) electrons. The minimum atomic E-state index is -0.165. The average molecular weight is 303 g/mol. The van der Waals surface area contributed by atoms with E-state index in [9.17, 15) is 4.79 Å². The van der Waals surface area contributed by atoms with Crippen molar-refractivity contribution in [2.75, 3.05) is 7.11 Å². The van der Waals surface area contributed by atoms with E-state index in [4.69, 9.17) is 4.74 Å². The predicted octanol–water partition coefficient (Wildman–Crippen LogP) is 3.73. The van der Waals surface area contributed by atoms with Gasteiger partial charge in [-0.15, -0.1) is 0 Å². The highest BCUT2D eigenvalue weighted by Crippen LogP contribution is 2.37. The predicted molar refractivity (Wildman–Crippen MR) is 72.9 cm³/mol. The minimum absolute atomic E-state index is 0.0650. The van der Waals surface area contributed by atoms with E-state index >= 15 is 0 Å². The average Bonchev–Trinajstić information content (AvgIpc) is 2.40. The quantitative estimate of drug-likeness (QED) is 0.802. The van der Waals surface area contributed by atoms with Crippen molar-refractivity contribution in [3.63, 3.8) is 0 Å². The molecule has 0 fully saturated rings. The van der Waals surface area contributed by atoms with Gasteiger partial charge in [-0.05, 0) is 23.3 Å². The molecule has 0 aromatic heterocycles. The Labute approximate surface area is 114 Å². The Morgan fingerprint density at radius 1 is 1.06 bits per heavy atom. The van der Waals surface area contributed by atoms with Gasteiger partial charge in [0.25, 0.3) is 0 Å². The summed E-state index contributed by atoms with van der Waals surface area (Å²) in [6.07, 6.45) is -0.165.